The van der Waals surface area contributed by atoms with E-state index in [1.165, 1.54) is 7.11 Å². The number of hydrogen-bond donors (Lipinski definition) is 2. The van der Waals surface area contributed by atoms with Crippen molar-refractivity contribution in [3.8, 4) is 0 Å². The first-order chi connectivity index (χ1) is 11.2. The lowest BCUT2D eigenvalue weighted by Gasteiger charge is -2.18. The molecule has 0 heterocycles. The SMILES string of the molecule is COC(=O)C(CC(C)C)NC(=O)CNC(=O)c1ccc(F)cc1F. The number of carbonyl (C=O) groups excluding carboxylic acids is 3. The van der Waals surface area contributed by atoms with Gasteiger partial charge in [-0.25, -0.2) is 13.6 Å². The van der Waals surface area contributed by atoms with Crippen LogP contribution in [0.2, 0.25) is 0 Å². The smallest absolute Gasteiger partial charge is 0.328 e. The first-order valence-electron chi connectivity index (χ1n) is 7.35. The van der Waals surface area contributed by atoms with Crippen LogP contribution < -0.4 is 10.6 Å². The van der Waals surface area contributed by atoms with Crippen molar-refractivity contribution in [2.24, 2.45) is 5.92 Å². The minimum Gasteiger partial charge on any atom is -0.467 e. The van der Waals surface area contributed by atoms with E-state index in [1.807, 2.05) is 13.8 Å². The number of carbonyl (C=O) groups is 3. The average Bonchev–Trinajstić information content (AvgIpc) is 2.50. The van der Waals surface area contributed by atoms with Gasteiger partial charge in [0.2, 0.25) is 5.91 Å². The summed E-state index contributed by atoms with van der Waals surface area (Å²) in [6.45, 7) is 3.30. The van der Waals surface area contributed by atoms with Gasteiger partial charge in [0.05, 0.1) is 19.2 Å². The standard InChI is InChI=1S/C16H20F2N2O4/c1-9(2)6-13(16(23)24-3)20-14(21)8-19-15(22)11-5-4-10(17)7-12(11)18/h4-5,7,9,13H,6,8H2,1-3H3,(H,19,22)(H,20,21). The number of rotatable bonds is 7. The van der Waals surface area contributed by atoms with Crippen LogP contribution in [0.3, 0.4) is 0 Å². The third kappa shape index (κ3) is 5.94. The molecule has 0 saturated heterocycles. The molecule has 132 valence electrons. The number of hydrogen-bond acceptors (Lipinski definition) is 4. The van der Waals surface area contributed by atoms with E-state index in [2.05, 4.69) is 15.4 Å². The van der Waals surface area contributed by atoms with Crippen molar-refractivity contribution in [1.29, 1.82) is 0 Å². The quantitative estimate of drug-likeness (QED) is 0.734. The molecule has 1 aromatic rings. The van der Waals surface area contributed by atoms with Gasteiger partial charge >= 0.3 is 5.97 Å². The molecule has 1 aromatic carbocycles. The molecular weight excluding hydrogens is 322 g/mol. The van der Waals surface area contributed by atoms with E-state index >= 15 is 0 Å². The van der Waals surface area contributed by atoms with Crippen LogP contribution in [0.25, 0.3) is 0 Å². The Bertz CT molecular complexity index is 620. The van der Waals surface area contributed by atoms with E-state index in [-0.39, 0.29) is 11.5 Å². The lowest BCUT2D eigenvalue weighted by atomic mass is 10.0. The predicted molar refractivity (Wildman–Crippen MR) is 82.1 cm³/mol. The van der Waals surface area contributed by atoms with Crippen molar-refractivity contribution < 1.29 is 27.9 Å². The Balaban J connectivity index is 2.60. The maximum absolute atomic E-state index is 13.5. The Hall–Kier alpha value is -2.51. The molecule has 0 bridgehead atoms. The van der Waals surface area contributed by atoms with Crippen molar-refractivity contribution in [2.45, 2.75) is 26.3 Å². The summed E-state index contributed by atoms with van der Waals surface area (Å²) in [4.78, 5) is 35.2. The molecule has 0 radical (unpaired) electrons. The lowest BCUT2D eigenvalue weighted by Crippen LogP contribution is -2.46. The summed E-state index contributed by atoms with van der Waals surface area (Å²) in [5, 5.41) is 4.66. The maximum Gasteiger partial charge on any atom is 0.328 e. The zero-order valence-corrected chi connectivity index (χ0v) is 13.7. The minimum absolute atomic E-state index is 0.136. The van der Waals surface area contributed by atoms with Gasteiger partial charge in [0.25, 0.3) is 5.91 Å². The maximum atomic E-state index is 13.5. The highest BCUT2D eigenvalue weighted by Gasteiger charge is 2.23. The number of benzene rings is 1. The van der Waals surface area contributed by atoms with Crippen LogP contribution in [0, 0.1) is 17.6 Å². The van der Waals surface area contributed by atoms with Crippen molar-refractivity contribution in [3.05, 3.63) is 35.4 Å². The first-order valence-corrected chi connectivity index (χ1v) is 7.35. The Morgan fingerprint density at radius 3 is 2.42 bits per heavy atom. The van der Waals surface area contributed by atoms with Crippen LogP contribution in [0.1, 0.15) is 30.6 Å². The van der Waals surface area contributed by atoms with Gasteiger partial charge in [0.15, 0.2) is 0 Å². The molecule has 0 fully saturated rings. The lowest BCUT2D eigenvalue weighted by molar-refractivity contribution is -0.145. The highest BCUT2D eigenvalue weighted by Crippen LogP contribution is 2.09. The van der Waals surface area contributed by atoms with Crippen LogP contribution in [-0.4, -0.2) is 37.5 Å². The van der Waals surface area contributed by atoms with Crippen LogP contribution in [-0.2, 0) is 14.3 Å². The molecule has 1 unspecified atom stereocenters. The Morgan fingerprint density at radius 2 is 1.88 bits per heavy atom. The number of nitrogens with one attached hydrogen (secondary N) is 2. The summed E-state index contributed by atoms with van der Waals surface area (Å²) in [5.74, 6) is -3.77. The molecule has 1 rings (SSSR count). The van der Waals surface area contributed by atoms with Gasteiger partial charge in [-0.3, -0.25) is 9.59 Å². The number of halogens is 2. The third-order valence-electron chi connectivity index (χ3n) is 3.11. The zero-order chi connectivity index (χ0) is 18.3. The molecule has 2 amide bonds. The zero-order valence-electron chi connectivity index (χ0n) is 13.7. The van der Waals surface area contributed by atoms with Gasteiger partial charge in [-0.1, -0.05) is 13.8 Å². The molecule has 0 aliphatic carbocycles. The Morgan fingerprint density at radius 1 is 1.21 bits per heavy atom. The van der Waals surface area contributed by atoms with Crippen molar-refractivity contribution in [2.75, 3.05) is 13.7 Å². The van der Waals surface area contributed by atoms with E-state index in [4.69, 9.17) is 0 Å². The fourth-order valence-electron chi connectivity index (χ4n) is 2.00. The van der Waals surface area contributed by atoms with Gasteiger partial charge in [0.1, 0.15) is 17.7 Å². The van der Waals surface area contributed by atoms with Gasteiger partial charge in [-0.15, -0.1) is 0 Å². The van der Waals surface area contributed by atoms with Gasteiger partial charge in [-0.2, -0.15) is 0 Å². The largest absolute Gasteiger partial charge is 0.467 e. The second-order valence-electron chi connectivity index (χ2n) is 5.58. The average molecular weight is 342 g/mol. The number of ether oxygens (including phenoxy) is 1. The second-order valence-corrected chi connectivity index (χ2v) is 5.58. The van der Waals surface area contributed by atoms with Crippen LogP contribution in [0.15, 0.2) is 18.2 Å². The Labute approximate surface area is 138 Å². The fraction of sp³-hybridized carbons (Fsp3) is 0.438. The summed E-state index contributed by atoms with van der Waals surface area (Å²) in [6.07, 6.45) is 0.374. The molecule has 0 aliphatic rings. The summed E-state index contributed by atoms with van der Waals surface area (Å²) in [6, 6.07) is 1.66. The van der Waals surface area contributed by atoms with Crippen molar-refractivity contribution in [3.63, 3.8) is 0 Å². The molecule has 0 aliphatic heterocycles. The molecule has 2 N–H and O–H groups in total. The summed E-state index contributed by atoms with van der Waals surface area (Å²) in [5.41, 5.74) is -0.379. The van der Waals surface area contributed by atoms with Gasteiger partial charge < -0.3 is 15.4 Å². The molecule has 0 aromatic heterocycles. The predicted octanol–water partition coefficient (Wildman–Crippen LogP) is 1.40. The van der Waals surface area contributed by atoms with E-state index in [9.17, 15) is 23.2 Å². The normalized spacial score (nSPS) is 11.8. The topological polar surface area (TPSA) is 84.5 Å². The molecule has 24 heavy (non-hydrogen) atoms. The number of amides is 2. The highest BCUT2D eigenvalue weighted by molar-refractivity contribution is 5.97. The van der Waals surface area contributed by atoms with E-state index in [0.29, 0.717) is 12.5 Å². The monoisotopic (exact) mass is 342 g/mol. The van der Waals surface area contributed by atoms with Crippen LogP contribution in [0.4, 0.5) is 8.78 Å². The molecular formula is C16H20F2N2O4. The van der Waals surface area contributed by atoms with Crippen LogP contribution >= 0.6 is 0 Å². The summed E-state index contributed by atoms with van der Waals surface area (Å²) < 4.78 is 30.9. The number of methoxy groups -OCH3 is 1. The van der Waals surface area contributed by atoms with Crippen molar-refractivity contribution in [1.82, 2.24) is 10.6 Å². The van der Waals surface area contributed by atoms with Crippen LogP contribution in [0.5, 0.6) is 0 Å². The second kappa shape index (κ2) is 8.95. The third-order valence-corrected chi connectivity index (χ3v) is 3.11. The van der Waals surface area contributed by atoms with E-state index in [0.717, 1.165) is 12.1 Å². The Kier molecular flexibility index (Phi) is 7.29. The van der Waals surface area contributed by atoms with Gasteiger partial charge in [0, 0.05) is 6.07 Å². The molecule has 8 heteroatoms. The minimum atomic E-state index is -1.03. The van der Waals surface area contributed by atoms with Crippen molar-refractivity contribution >= 4 is 17.8 Å². The summed E-state index contributed by atoms with van der Waals surface area (Å²) in [7, 11) is 1.21. The molecule has 6 nitrogen and oxygen atoms in total. The molecule has 0 spiro atoms. The van der Waals surface area contributed by atoms with E-state index < -0.39 is 42.0 Å². The fourth-order valence-corrected chi connectivity index (χ4v) is 2.00. The van der Waals surface area contributed by atoms with Gasteiger partial charge in [-0.05, 0) is 24.5 Å². The summed E-state index contributed by atoms with van der Waals surface area (Å²) >= 11 is 0. The molecule has 1 atom stereocenters. The molecule has 0 saturated carbocycles. The number of esters is 1. The van der Waals surface area contributed by atoms with E-state index in [1.54, 1.807) is 0 Å². The highest BCUT2D eigenvalue weighted by atomic mass is 19.1. The first kappa shape index (κ1) is 19.5.